The minimum absolute atomic E-state index is 0.123. The van der Waals surface area contributed by atoms with Crippen LogP contribution in [0.3, 0.4) is 0 Å². The zero-order valence-electron chi connectivity index (χ0n) is 11.2. The third-order valence-electron chi connectivity index (χ3n) is 2.48. The quantitative estimate of drug-likeness (QED) is 0.491. The first-order valence-electron chi connectivity index (χ1n) is 6.29. The summed E-state index contributed by atoms with van der Waals surface area (Å²) >= 11 is 7.11. The molecule has 0 aliphatic carbocycles. The highest BCUT2D eigenvalue weighted by Crippen LogP contribution is 2.34. The van der Waals surface area contributed by atoms with E-state index in [9.17, 15) is 10.1 Å². The summed E-state index contributed by atoms with van der Waals surface area (Å²) in [5.41, 5.74) is -0.123. The van der Waals surface area contributed by atoms with Crippen molar-refractivity contribution in [3.63, 3.8) is 0 Å². The molecule has 21 heavy (non-hydrogen) atoms. The first kappa shape index (κ1) is 15.5. The highest BCUT2D eigenvalue weighted by Gasteiger charge is 2.18. The Balaban J connectivity index is 2.31. The van der Waals surface area contributed by atoms with E-state index in [0.717, 1.165) is 11.3 Å². The van der Waals surface area contributed by atoms with Gasteiger partial charge in [-0.2, -0.15) is 4.98 Å². The Morgan fingerprint density at radius 1 is 1.48 bits per heavy atom. The maximum atomic E-state index is 11.1. The van der Waals surface area contributed by atoms with Crippen molar-refractivity contribution in [1.29, 1.82) is 0 Å². The zero-order chi connectivity index (χ0) is 15.2. The molecule has 0 saturated heterocycles. The van der Waals surface area contributed by atoms with E-state index in [1.165, 1.54) is 18.0 Å². The van der Waals surface area contributed by atoms with Crippen LogP contribution in [0.15, 0.2) is 40.4 Å². The lowest BCUT2D eigenvalue weighted by Gasteiger charge is -2.06. The molecule has 0 fully saturated rings. The van der Waals surface area contributed by atoms with Gasteiger partial charge in [0.05, 0.1) is 4.92 Å². The topological polar surface area (TPSA) is 81.0 Å². The molecular formula is C13H13ClN4O2S. The van der Waals surface area contributed by atoms with Crippen molar-refractivity contribution in [3.8, 4) is 0 Å². The smallest absolute Gasteiger partial charge is 0.320 e. The Morgan fingerprint density at radius 2 is 2.29 bits per heavy atom. The molecule has 0 radical (unpaired) electrons. The van der Waals surface area contributed by atoms with Crippen molar-refractivity contribution < 1.29 is 4.92 Å². The van der Waals surface area contributed by atoms with E-state index >= 15 is 0 Å². The summed E-state index contributed by atoms with van der Waals surface area (Å²) in [5, 5.41) is 14.9. The third-order valence-corrected chi connectivity index (χ3v) is 3.69. The molecule has 0 aliphatic heterocycles. The molecule has 1 N–H and O–H groups in total. The lowest BCUT2D eigenvalue weighted by atomic mass is 10.4. The lowest BCUT2D eigenvalue weighted by molar-refractivity contribution is -0.388. The Labute approximate surface area is 131 Å². The first-order chi connectivity index (χ1) is 10.1. The Morgan fingerprint density at radius 3 is 2.95 bits per heavy atom. The molecule has 0 atom stereocenters. The van der Waals surface area contributed by atoms with Gasteiger partial charge in [0.2, 0.25) is 5.95 Å². The maximum absolute atomic E-state index is 11.1. The summed E-state index contributed by atoms with van der Waals surface area (Å²) in [4.78, 5) is 19.5. The number of halogens is 1. The Bertz CT molecular complexity index is 654. The van der Waals surface area contributed by atoms with Crippen molar-refractivity contribution >= 4 is 35.0 Å². The highest BCUT2D eigenvalue weighted by atomic mass is 35.5. The second-order valence-electron chi connectivity index (χ2n) is 4.13. The second kappa shape index (κ2) is 7.24. The van der Waals surface area contributed by atoms with E-state index in [1.807, 2.05) is 13.0 Å². The Hall–Kier alpha value is -1.86. The third kappa shape index (κ3) is 4.30. The van der Waals surface area contributed by atoms with Gasteiger partial charge in [-0.25, -0.2) is 4.98 Å². The van der Waals surface area contributed by atoms with Gasteiger partial charge in [0, 0.05) is 16.5 Å². The molecule has 0 aliphatic rings. The standard InChI is InChI=1S/C13H13ClN4O2S/c1-2-6-15-13-16-8-11(18(19)20)12(17-13)21-10-5-3-4-9(14)7-10/h3-5,7-8H,2,6H2,1H3,(H,15,16,17). The van der Waals surface area contributed by atoms with Crippen LogP contribution in [0.2, 0.25) is 5.02 Å². The van der Waals surface area contributed by atoms with E-state index in [1.54, 1.807) is 18.2 Å². The van der Waals surface area contributed by atoms with Crippen LogP contribution in [0.25, 0.3) is 0 Å². The van der Waals surface area contributed by atoms with E-state index in [-0.39, 0.29) is 10.7 Å². The van der Waals surface area contributed by atoms with Crippen LogP contribution in [0.5, 0.6) is 0 Å². The van der Waals surface area contributed by atoms with Crippen LogP contribution in [0.4, 0.5) is 11.6 Å². The van der Waals surface area contributed by atoms with Crippen molar-refractivity contribution in [2.75, 3.05) is 11.9 Å². The number of benzene rings is 1. The van der Waals surface area contributed by atoms with Gasteiger partial charge in [-0.3, -0.25) is 10.1 Å². The van der Waals surface area contributed by atoms with Crippen LogP contribution >= 0.6 is 23.4 Å². The van der Waals surface area contributed by atoms with E-state index in [0.29, 0.717) is 17.5 Å². The van der Waals surface area contributed by atoms with Gasteiger partial charge < -0.3 is 5.32 Å². The van der Waals surface area contributed by atoms with Crippen LogP contribution in [0, 0.1) is 10.1 Å². The minimum Gasteiger partial charge on any atom is -0.354 e. The number of rotatable bonds is 6. The number of anilines is 1. The molecule has 0 amide bonds. The summed E-state index contributed by atoms with van der Waals surface area (Å²) in [6, 6.07) is 7.08. The first-order valence-corrected chi connectivity index (χ1v) is 7.48. The molecular weight excluding hydrogens is 312 g/mol. The van der Waals surface area contributed by atoms with Gasteiger partial charge in [0.15, 0.2) is 5.03 Å². The molecule has 1 aromatic carbocycles. The van der Waals surface area contributed by atoms with Crippen LogP contribution < -0.4 is 5.32 Å². The van der Waals surface area contributed by atoms with Gasteiger partial charge in [0.25, 0.3) is 0 Å². The normalized spacial score (nSPS) is 10.4. The summed E-state index contributed by atoms with van der Waals surface area (Å²) in [7, 11) is 0. The average Bonchev–Trinajstić information content (AvgIpc) is 2.45. The van der Waals surface area contributed by atoms with Crippen molar-refractivity contribution in [3.05, 3.63) is 45.6 Å². The molecule has 0 saturated carbocycles. The average molecular weight is 325 g/mol. The van der Waals surface area contributed by atoms with Gasteiger partial charge in [-0.15, -0.1) is 0 Å². The number of hydrogen-bond donors (Lipinski definition) is 1. The fourth-order valence-electron chi connectivity index (χ4n) is 1.52. The molecule has 0 spiro atoms. The molecule has 1 aromatic heterocycles. The number of hydrogen-bond acceptors (Lipinski definition) is 6. The van der Waals surface area contributed by atoms with Gasteiger partial charge >= 0.3 is 5.69 Å². The number of nitro groups is 1. The fraction of sp³-hybridized carbons (Fsp3) is 0.231. The lowest BCUT2D eigenvalue weighted by Crippen LogP contribution is -2.06. The predicted octanol–water partition coefficient (Wildman–Crippen LogP) is 4.01. The minimum atomic E-state index is -0.490. The summed E-state index contributed by atoms with van der Waals surface area (Å²) in [5.74, 6) is 0.381. The predicted molar refractivity (Wildman–Crippen MR) is 83.0 cm³/mol. The van der Waals surface area contributed by atoms with Gasteiger partial charge in [-0.1, -0.05) is 36.4 Å². The molecule has 2 aromatic rings. The van der Waals surface area contributed by atoms with E-state index in [4.69, 9.17) is 11.6 Å². The van der Waals surface area contributed by atoms with Gasteiger partial charge in [-0.05, 0) is 24.6 Å². The molecule has 8 heteroatoms. The monoisotopic (exact) mass is 324 g/mol. The fourth-order valence-corrected chi connectivity index (χ4v) is 2.70. The van der Waals surface area contributed by atoms with Crippen molar-refractivity contribution in [2.24, 2.45) is 0 Å². The zero-order valence-corrected chi connectivity index (χ0v) is 12.8. The summed E-state index contributed by atoms with van der Waals surface area (Å²) < 4.78 is 0. The highest BCUT2D eigenvalue weighted by molar-refractivity contribution is 7.99. The summed E-state index contributed by atoms with van der Waals surface area (Å²) in [6.45, 7) is 2.72. The van der Waals surface area contributed by atoms with Crippen molar-refractivity contribution in [2.45, 2.75) is 23.3 Å². The maximum Gasteiger partial charge on any atom is 0.320 e. The van der Waals surface area contributed by atoms with Crippen LogP contribution in [0.1, 0.15) is 13.3 Å². The van der Waals surface area contributed by atoms with Gasteiger partial charge in [0.1, 0.15) is 6.20 Å². The van der Waals surface area contributed by atoms with E-state index in [2.05, 4.69) is 15.3 Å². The van der Waals surface area contributed by atoms with Crippen molar-refractivity contribution in [1.82, 2.24) is 9.97 Å². The van der Waals surface area contributed by atoms with Crippen LogP contribution in [-0.4, -0.2) is 21.4 Å². The van der Waals surface area contributed by atoms with Crippen LogP contribution in [-0.2, 0) is 0 Å². The second-order valence-corrected chi connectivity index (χ2v) is 5.63. The Kier molecular flexibility index (Phi) is 5.35. The summed E-state index contributed by atoms with van der Waals surface area (Å²) in [6.07, 6.45) is 2.13. The number of aromatic nitrogens is 2. The SMILES string of the molecule is CCCNc1ncc([N+](=O)[O-])c(Sc2cccc(Cl)c2)n1. The number of nitrogens with one attached hydrogen (secondary N) is 1. The molecule has 1 heterocycles. The molecule has 110 valence electrons. The molecule has 0 unspecified atom stereocenters. The molecule has 6 nitrogen and oxygen atoms in total. The number of nitrogens with zero attached hydrogens (tertiary/aromatic N) is 3. The van der Waals surface area contributed by atoms with E-state index < -0.39 is 4.92 Å². The largest absolute Gasteiger partial charge is 0.354 e. The molecule has 2 rings (SSSR count). The molecule has 0 bridgehead atoms.